The summed E-state index contributed by atoms with van der Waals surface area (Å²) in [6.07, 6.45) is 2.00. The number of nitrogens with zero attached hydrogens (tertiary/aromatic N) is 1. The molecule has 4 nitrogen and oxygen atoms in total. The number of carbonyl (C=O) groups excluding carboxylic acids is 1. The van der Waals surface area contributed by atoms with E-state index < -0.39 is 5.97 Å². The fraction of sp³-hybridized carbons (Fsp3) is 0.556. The molecule has 1 aliphatic rings. The second-order valence-electron chi connectivity index (χ2n) is 3.14. The van der Waals surface area contributed by atoms with E-state index in [1.54, 1.807) is 4.90 Å². The Kier molecular flexibility index (Phi) is 4.00. The maximum absolute atomic E-state index is 11.4. The molecule has 0 spiro atoms. The Labute approximate surface area is 87.0 Å². The Bertz CT molecular complexity index is 265. The topological polar surface area (TPSA) is 57.6 Å². The molecular formula is C9H13NO3S. The molecule has 78 valence electrons. The van der Waals surface area contributed by atoms with Crippen molar-refractivity contribution in [2.24, 2.45) is 0 Å². The SMILES string of the molecule is CC1CN(C(=O)/C=C\C(=O)O)CCS1. The molecule has 0 bridgehead atoms. The molecule has 0 aromatic rings. The first kappa shape index (κ1) is 11.1. The second kappa shape index (κ2) is 5.05. The van der Waals surface area contributed by atoms with Gasteiger partial charge in [0.15, 0.2) is 0 Å². The van der Waals surface area contributed by atoms with Crippen LogP contribution in [-0.2, 0) is 9.59 Å². The van der Waals surface area contributed by atoms with Gasteiger partial charge in [0, 0.05) is 36.2 Å². The van der Waals surface area contributed by atoms with E-state index in [9.17, 15) is 9.59 Å². The predicted octanol–water partition coefficient (Wildman–Crippen LogP) is 0.591. The van der Waals surface area contributed by atoms with Crippen LogP contribution < -0.4 is 0 Å². The summed E-state index contributed by atoms with van der Waals surface area (Å²) in [7, 11) is 0. The molecule has 1 fully saturated rings. The molecule has 5 heteroatoms. The number of amides is 1. The first-order valence-corrected chi connectivity index (χ1v) is 5.46. The van der Waals surface area contributed by atoms with Crippen molar-refractivity contribution in [2.45, 2.75) is 12.2 Å². The number of hydrogen-bond donors (Lipinski definition) is 1. The number of hydrogen-bond acceptors (Lipinski definition) is 3. The highest BCUT2D eigenvalue weighted by atomic mass is 32.2. The van der Waals surface area contributed by atoms with Gasteiger partial charge in [0.05, 0.1) is 0 Å². The van der Waals surface area contributed by atoms with Gasteiger partial charge in [-0.25, -0.2) is 4.79 Å². The number of carboxylic acids is 1. The van der Waals surface area contributed by atoms with Gasteiger partial charge in [-0.2, -0.15) is 11.8 Å². The highest BCUT2D eigenvalue weighted by Gasteiger charge is 2.19. The molecule has 1 heterocycles. The first-order valence-electron chi connectivity index (χ1n) is 4.41. The number of aliphatic carboxylic acids is 1. The van der Waals surface area contributed by atoms with Gasteiger partial charge in [0.1, 0.15) is 0 Å². The van der Waals surface area contributed by atoms with E-state index in [-0.39, 0.29) is 5.91 Å². The summed E-state index contributed by atoms with van der Waals surface area (Å²) in [4.78, 5) is 23.3. The van der Waals surface area contributed by atoms with Crippen molar-refractivity contribution >= 4 is 23.6 Å². The summed E-state index contributed by atoms with van der Waals surface area (Å²) in [6.45, 7) is 3.47. The van der Waals surface area contributed by atoms with Crippen LogP contribution in [0.15, 0.2) is 12.2 Å². The summed E-state index contributed by atoms with van der Waals surface area (Å²) < 4.78 is 0. The lowest BCUT2D eigenvalue weighted by Crippen LogP contribution is -2.40. The van der Waals surface area contributed by atoms with Crippen molar-refractivity contribution in [1.29, 1.82) is 0 Å². The van der Waals surface area contributed by atoms with Crippen LogP contribution in [0.2, 0.25) is 0 Å². The van der Waals surface area contributed by atoms with Crippen molar-refractivity contribution in [1.82, 2.24) is 4.90 Å². The molecule has 1 N–H and O–H groups in total. The van der Waals surface area contributed by atoms with E-state index in [4.69, 9.17) is 5.11 Å². The van der Waals surface area contributed by atoms with Crippen molar-refractivity contribution in [3.05, 3.63) is 12.2 Å². The van der Waals surface area contributed by atoms with Gasteiger partial charge in [-0.1, -0.05) is 6.92 Å². The Hall–Kier alpha value is -0.970. The van der Waals surface area contributed by atoms with Crippen LogP contribution in [0, 0.1) is 0 Å². The average Bonchev–Trinajstić information content (AvgIpc) is 2.14. The van der Waals surface area contributed by atoms with E-state index in [1.165, 1.54) is 0 Å². The Morgan fingerprint density at radius 1 is 1.50 bits per heavy atom. The van der Waals surface area contributed by atoms with Gasteiger partial charge >= 0.3 is 5.97 Å². The van der Waals surface area contributed by atoms with Gasteiger partial charge in [0.2, 0.25) is 5.91 Å². The molecule has 0 saturated carbocycles. The molecule has 1 rings (SSSR count). The number of carbonyl (C=O) groups is 2. The van der Waals surface area contributed by atoms with E-state index >= 15 is 0 Å². The second-order valence-corrected chi connectivity index (χ2v) is 4.68. The summed E-state index contributed by atoms with van der Waals surface area (Å²) in [5.74, 6) is -0.370. The molecule has 1 aliphatic heterocycles. The summed E-state index contributed by atoms with van der Waals surface area (Å²) in [5, 5.41) is 8.79. The van der Waals surface area contributed by atoms with Gasteiger partial charge in [-0.3, -0.25) is 4.79 Å². The zero-order chi connectivity index (χ0) is 10.6. The average molecular weight is 215 g/mol. The Morgan fingerprint density at radius 3 is 2.79 bits per heavy atom. The minimum absolute atomic E-state index is 0.209. The van der Waals surface area contributed by atoms with Crippen LogP contribution in [0.4, 0.5) is 0 Å². The number of carboxylic acid groups (broad SMARTS) is 1. The first-order chi connectivity index (χ1) is 6.59. The van der Waals surface area contributed by atoms with Gasteiger partial charge in [-0.05, 0) is 0 Å². The van der Waals surface area contributed by atoms with Crippen molar-refractivity contribution in [3.8, 4) is 0 Å². The van der Waals surface area contributed by atoms with Crippen molar-refractivity contribution in [3.63, 3.8) is 0 Å². The summed E-state index contributed by atoms with van der Waals surface area (Å²) in [6, 6.07) is 0. The van der Waals surface area contributed by atoms with E-state index in [0.29, 0.717) is 18.3 Å². The smallest absolute Gasteiger partial charge is 0.328 e. The summed E-state index contributed by atoms with van der Waals surface area (Å²) in [5.41, 5.74) is 0. The van der Waals surface area contributed by atoms with Crippen LogP contribution >= 0.6 is 11.8 Å². The third-order valence-electron chi connectivity index (χ3n) is 1.92. The fourth-order valence-electron chi connectivity index (χ4n) is 1.27. The third kappa shape index (κ3) is 3.41. The van der Waals surface area contributed by atoms with Crippen molar-refractivity contribution in [2.75, 3.05) is 18.8 Å². The van der Waals surface area contributed by atoms with Gasteiger partial charge in [-0.15, -0.1) is 0 Å². The maximum atomic E-state index is 11.4. The molecule has 1 saturated heterocycles. The van der Waals surface area contributed by atoms with E-state index in [0.717, 1.165) is 17.9 Å². The maximum Gasteiger partial charge on any atom is 0.328 e. The lowest BCUT2D eigenvalue weighted by atomic mass is 10.3. The number of rotatable bonds is 2. The normalized spacial score (nSPS) is 22.6. The van der Waals surface area contributed by atoms with Crippen molar-refractivity contribution < 1.29 is 14.7 Å². The lowest BCUT2D eigenvalue weighted by molar-refractivity contribution is -0.132. The predicted molar refractivity (Wildman–Crippen MR) is 55.3 cm³/mol. The van der Waals surface area contributed by atoms with Gasteiger partial charge in [0.25, 0.3) is 0 Å². The zero-order valence-corrected chi connectivity index (χ0v) is 8.79. The molecule has 14 heavy (non-hydrogen) atoms. The monoisotopic (exact) mass is 215 g/mol. The molecule has 1 unspecified atom stereocenters. The largest absolute Gasteiger partial charge is 0.478 e. The van der Waals surface area contributed by atoms with E-state index in [2.05, 4.69) is 6.92 Å². The minimum atomic E-state index is -1.09. The van der Waals surface area contributed by atoms with Crippen LogP contribution in [-0.4, -0.2) is 46.0 Å². The molecule has 1 amide bonds. The highest BCUT2D eigenvalue weighted by Crippen LogP contribution is 2.17. The highest BCUT2D eigenvalue weighted by molar-refractivity contribution is 7.99. The number of thioether (sulfide) groups is 1. The van der Waals surface area contributed by atoms with Gasteiger partial charge < -0.3 is 10.0 Å². The Morgan fingerprint density at radius 2 is 2.21 bits per heavy atom. The van der Waals surface area contributed by atoms with Crippen LogP contribution in [0.3, 0.4) is 0 Å². The quantitative estimate of drug-likeness (QED) is 0.685. The fourth-order valence-corrected chi connectivity index (χ4v) is 2.28. The van der Waals surface area contributed by atoms with E-state index in [1.807, 2.05) is 11.8 Å². The molecule has 0 aliphatic carbocycles. The zero-order valence-electron chi connectivity index (χ0n) is 7.97. The molecular weight excluding hydrogens is 202 g/mol. The lowest BCUT2D eigenvalue weighted by Gasteiger charge is -2.29. The van der Waals surface area contributed by atoms with Crippen LogP contribution in [0.5, 0.6) is 0 Å². The molecule has 0 aromatic heterocycles. The molecule has 0 aromatic carbocycles. The third-order valence-corrected chi connectivity index (χ3v) is 3.06. The summed E-state index contributed by atoms with van der Waals surface area (Å²) >= 11 is 1.83. The molecule has 0 radical (unpaired) electrons. The van der Waals surface area contributed by atoms with Crippen LogP contribution in [0.25, 0.3) is 0 Å². The standard InChI is InChI=1S/C9H13NO3S/c1-7-6-10(4-5-14-7)8(11)2-3-9(12)13/h2-3,7H,4-6H2,1H3,(H,12,13)/b3-2-. The minimum Gasteiger partial charge on any atom is -0.478 e. The van der Waals surface area contributed by atoms with Crippen LogP contribution in [0.1, 0.15) is 6.92 Å². The Balaban J connectivity index is 2.47. The molecule has 1 atom stereocenters.